The Morgan fingerprint density at radius 3 is 0.981 bits per heavy atom. The van der Waals surface area contributed by atoms with Crippen molar-refractivity contribution in [1.29, 1.82) is 0 Å². The van der Waals surface area contributed by atoms with E-state index in [0.29, 0.717) is 52.9 Å². The molecule has 288 valence electrons. The van der Waals surface area contributed by atoms with Gasteiger partial charge in [0.25, 0.3) is 0 Å². The number of fused-ring (bicyclic) bond motifs is 6. The van der Waals surface area contributed by atoms with Gasteiger partial charge >= 0.3 is 0 Å². The fraction of sp³-hybridized carbons (Fsp3) is 1.00. The van der Waals surface area contributed by atoms with Crippen molar-refractivity contribution < 1.29 is 75.8 Å². The highest BCUT2D eigenvalue weighted by Gasteiger charge is 2.63. The quantitative estimate of drug-likeness (QED) is 0.191. The molecular formula is C32H52B4O16. The van der Waals surface area contributed by atoms with Crippen molar-refractivity contribution in [2.45, 2.75) is 95.2 Å². The van der Waals surface area contributed by atoms with Gasteiger partial charge in [0.15, 0.2) is 0 Å². The number of methoxy groups -OCH3 is 8. The number of ether oxygens (including phenoxy) is 16. The van der Waals surface area contributed by atoms with E-state index in [9.17, 15) is 0 Å². The minimum Gasteiger partial charge on any atom is -0.381 e. The smallest absolute Gasteiger partial charge is 0.143 e. The van der Waals surface area contributed by atoms with Crippen molar-refractivity contribution in [1.82, 2.24) is 0 Å². The zero-order chi connectivity index (χ0) is 37.9. The van der Waals surface area contributed by atoms with Gasteiger partial charge in [-0.2, -0.15) is 0 Å². The van der Waals surface area contributed by atoms with Gasteiger partial charge in [0.2, 0.25) is 0 Å². The maximum absolute atomic E-state index is 5.74. The fourth-order valence-corrected chi connectivity index (χ4v) is 8.39. The molecule has 20 heteroatoms. The van der Waals surface area contributed by atoms with Gasteiger partial charge in [0, 0.05) is 80.9 Å². The van der Waals surface area contributed by atoms with Crippen molar-refractivity contribution >= 4 is 31.4 Å². The van der Waals surface area contributed by atoms with Crippen LogP contribution in [0.15, 0.2) is 0 Å². The summed E-state index contributed by atoms with van der Waals surface area (Å²) in [4.78, 5) is 0. The summed E-state index contributed by atoms with van der Waals surface area (Å²) in [7, 11) is 35.9. The van der Waals surface area contributed by atoms with Crippen LogP contribution in [0, 0.1) is 0 Å². The Labute approximate surface area is 311 Å². The lowest BCUT2D eigenvalue weighted by molar-refractivity contribution is -0.244. The van der Waals surface area contributed by atoms with Gasteiger partial charge in [-0.3, -0.25) is 0 Å². The fourth-order valence-electron chi connectivity index (χ4n) is 8.39. The normalized spacial score (nSPS) is 48.6. The third-order valence-corrected chi connectivity index (χ3v) is 10.7. The van der Waals surface area contributed by atoms with E-state index in [1.54, 1.807) is 56.9 Å². The summed E-state index contributed by atoms with van der Waals surface area (Å²) in [5, 5.41) is 0. The molecule has 0 aromatic heterocycles. The van der Waals surface area contributed by atoms with Gasteiger partial charge in [-0.15, -0.1) is 0 Å². The lowest BCUT2D eigenvalue weighted by Crippen LogP contribution is -2.61. The van der Waals surface area contributed by atoms with Crippen LogP contribution in [0.25, 0.3) is 0 Å². The van der Waals surface area contributed by atoms with Crippen LogP contribution in [0.3, 0.4) is 0 Å². The molecule has 0 aliphatic carbocycles. The van der Waals surface area contributed by atoms with Gasteiger partial charge < -0.3 is 75.8 Å². The second-order valence-corrected chi connectivity index (χ2v) is 14.0. The van der Waals surface area contributed by atoms with Crippen molar-refractivity contribution in [3.63, 3.8) is 0 Å². The molecule has 0 N–H and O–H groups in total. The van der Waals surface area contributed by atoms with Gasteiger partial charge in [-0.25, -0.2) is 0 Å². The molecule has 16 atom stereocenters. The average molecular weight is 736 g/mol. The van der Waals surface area contributed by atoms with Crippen molar-refractivity contribution in [3.8, 4) is 0 Å². The first-order valence-corrected chi connectivity index (χ1v) is 17.2. The van der Waals surface area contributed by atoms with Crippen molar-refractivity contribution in [3.05, 3.63) is 0 Å². The van der Waals surface area contributed by atoms with Crippen LogP contribution < -0.4 is 0 Å². The molecule has 8 fully saturated rings. The Balaban J connectivity index is 0.000000134. The summed E-state index contributed by atoms with van der Waals surface area (Å²) >= 11 is 0. The first-order valence-electron chi connectivity index (χ1n) is 17.2. The van der Waals surface area contributed by atoms with E-state index in [1.165, 1.54) is 0 Å². The van der Waals surface area contributed by atoms with E-state index in [1.807, 2.05) is 0 Å². The van der Waals surface area contributed by atoms with Crippen LogP contribution in [0.2, 0.25) is 0 Å². The summed E-state index contributed by atoms with van der Waals surface area (Å²) in [5.41, 5.74) is -1.72. The van der Waals surface area contributed by atoms with Crippen LogP contribution in [0.1, 0.15) is 0 Å². The largest absolute Gasteiger partial charge is 0.381 e. The molecule has 0 spiro atoms. The van der Waals surface area contributed by atoms with Crippen LogP contribution in [-0.4, -0.2) is 236 Å². The monoisotopic (exact) mass is 736 g/mol. The Kier molecular flexibility index (Phi) is 14.7. The molecule has 16 nitrogen and oxygen atoms in total. The topological polar surface area (TPSA) is 148 Å². The molecule has 8 radical (unpaired) electrons. The van der Waals surface area contributed by atoms with E-state index < -0.39 is 35.2 Å². The van der Waals surface area contributed by atoms with Crippen LogP contribution in [0.5, 0.6) is 0 Å². The summed E-state index contributed by atoms with van der Waals surface area (Å²) in [5.74, 6) is 0. The molecule has 8 rings (SSSR count). The molecule has 8 heterocycles. The third-order valence-electron chi connectivity index (χ3n) is 10.7. The van der Waals surface area contributed by atoms with E-state index in [-0.39, 0.29) is 60.0 Å². The van der Waals surface area contributed by atoms with Crippen molar-refractivity contribution in [2.75, 3.05) is 110 Å². The molecule has 4 bridgehead atoms. The predicted molar refractivity (Wildman–Crippen MR) is 183 cm³/mol. The Morgan fingerprint density at radius 1 is 0.423 bits per heavy atom. The molecule has 8 aliphatic heterocycles. The summed E-state index contributed by atoms with van der Waals surface area (Å²) in [6, 6.07) is -1.61. The molecule has 0 aromatic rings. The predicted octanol–water partition coefficient (Wildman–Crippen LogP) is -2.76. The summed E-state index contributed by atoms with van der Waals surface area (Å²) < 4.78 is 85.4. The molecule has 2 unspecified atom stereocenters. The molecule has 8 aliphatic rings. The maximum atomic E-state index is 5.74. The Hall–Kier alpha value is -0.380. The molecular weight excluding hydrogens is 684 g/mol. The number of hydrogen-bond donors (Lipinski definition) is 0. The number of hydrogen-bond acceptors (Lipinski definition) is 16. The first-order chi connectivity index (χ1) is 24.9. The summed E-state index contributed by atoms with van der Waals surface area (Å²) in [6.07, 6.45) is -1.03. The molecule has 8 saturated heterocycles. The minimum atomic E-state index is -0.492. The van der Waals surface area contributed by atoms with Gasteiger partial charge in [-0.05, 0) is 0 Å². The highest BCUT2D eigenvalue weighted by molar-refractivity contribution is 6.12. The van der Waals surface area contributed by atoms with Crippen LogP contribution in [-0.2, 0) is 75.8 Å². The standard InChI is InChI=1S/4C8H13BO4/c2*1-10-3-8-4-12-5(6(8)11-2)7(9)13-8;2*1-10-3-8-4-12-6(8)5(11-2)7(9)13-8/h4*5-7H,3-4H2,1-2H3/t2*5-,6?,7-,8+;2*5-,6+,7-,8+/m1010/s1. The maximum Gasteiger partial charge on any atom is 0.143 e. The van der Waals surface area contributed by atoms with Crippen molar-refractivity contribution in [2.24, 2.45) is 0 Å². The highest BCUT2D eigenvalue weighted by Crippen LogP contribution is 2.44. The van der Waals surface area contributed by atoms with Gasteiger partial charge in [0.05, 0.1) is 52.9 Å². The Morgan fingerprint density at radius 2 is 0.731 bits per heavy atom. The lowest BCUT2D eigenvalue weighted by Gasteiger charge is -2.43. The van der Waals surface area contributed by atoms with E-state index in [0.717, 1.165) is 0 Å². The molecule has 0 aromatic carbocycles. The first kappa shape index (κ1) is 42.8. The Bertz CT molecular complexity index is 1050. The zero-order valence-corrected chi connectivity index (χ0v) is 31.4. The van der Waals surface area contributed by atoms with E-state index in [4.69, 9.17) is 107 Å². The van der Waals surface area contributed by atoms with Crippen LogP contribution in [0.4, 0.5) is 0 Å². The summed E-state index contributed by atoms with van der Waals surface area (Å²) in [6.45, 7) is 4.00. The SMILES string of the molecule is [B][C@@H]1O[C@@]2(COC)CO[C@@H]1C2OC.[B][C@@H]1O[C@@]2(COC)CO[C@H]2[C@H]1OC.[B][C@H]1O[C@]2(COC)CO[C@@H]2[C@@H]1OC.[B][C@H]1O[C@]2(COC)CO[C@H]1C2OC. The molecule has 0 saturated carbocycles. The molecule has 0 amide bonds. The van der Waals surface area contributed by atoms with Crippen LogP contribution >= 0.6 is 0 Å². The second-order valence-electron chi connectivity index (χ2n) is 14.0. The van der Waals surface area contributed by atoms with E-state index >= 15 is 0 Å². The van der Waals surface area contributed by atoms with Gasteiger partial charge in [-0.1, -0.05) is 0 Å². The van der Waals surface area contributed by atoms with E-state index in [2.05, 4.69) is 0 Å². The minimum absolute atomic E-state index is 0.0764. The number of rotatable bonds is 12. The second kappa shape index (κ2) is 17.8. The average Bonchev–Trinajstić information content (AvgIpc) is 3.87. The highest BCUT2D eigenvalue weighted by atomic mass is 16.7. The zero-order valence-electron chi connectivity index (χ0n) is 31.4. The third kappa shape index (κ3) is 7.68. The lowest BCUT2D eigenvalue weighted by atomic mass is 9.86. The molecule has 52 heavy (non-hydrogen) atoms. The van der Waals surface area contributed by atoms with Gasteiger partial charge in [0.1, 0.15) is 103 Å².